The molecule has 82 valence electrons. The van der Waals surface area contributed by atoms with Crippen LogP contribution in [0.2, 0.25) is 0 Å². The van der Waals surface area contributed by atoms with E-state index in [1.807, 2.05) is 13.0 Å². The molecular weight excluding hydrogens is 192 g/mol. The Balaban J connectivity index is 2.52. The van der Waals surface area contributed by atoms with E-state index >= 15 is 0 Å². The molecule has 0 heterocycles. The van der Waals surface area contributed by atoms with Gasteiger partial charge in [0.2, 0.25) is 0 Å². The molecule has 0 aromatic carbocycles. The summed E-state index contributed by atoms with van der Waals surface area (Å²) in [5.74, 6) is -0.140. The van der Waals surface area contributed by atoms with Gasteiger partial charge in [-0.2, -0.15) is 0 Å². The van der Waals surface area contributed by atoms with Crippen LogP contribution in [0.5, 0.6) is 0 Å². The predicted octanol–water partition coefficient (Wildman–Crippen LogP) is 1.86. The van der Waals surface area contributed by atoms with Crippen LogP contribution >= 0.6 is 0 Å². The molecule has 2 atom stereocenters. The van der Waals surface area contributed by atoms with Gasteiger partial charge in [-0.15, -0.1) is 0 Å². The Morgan fingerprint density at radius 3 is 2.93 bits per heavy atom. The summed E-state index contributed by atoms with van der Waals surface area (Å²) >= 11 is 0. The Labute approximate surface area is 89.5 Å². The van der Waals surface area contributed by atoms with E-state index in [2.05, 4.69) is 0 Å². The van der Waals surface area contributed by atoms with Gasteiger partial charge in [0.25, 0.3) is 0 Å². The van der Waals surface area contributed by atoms with Crippen LogP contribution in [-0.4, -0.2) is 18.9 Å². The van der Waals surface area contributed by atoms with E-state index in [0.29, 0.717) is 6.42 Å². The number of hydrogen-bond donors (Lipinski definition) is 0. The lowest BCUT2D eigenvalue weighted by atomic mass is 9.67. The van der Waals surface area contributed by atoms with Crippen molar-refractivity contribution in [2.24, 2.45) is 11.3 Å². The maximum absolute atomic E-state index is 12.0. The Morgan fingerprint density at radius 1 is 1.53 bits per heavy atom. The van der Waals surface area contributed by atoms with Gasteiger partial charge >= 0.3 is 5.97 Å². The van der Waals surface area contributed by atoms with E-state index < -0.39 is 5.41 Å². The molecule has 3 nitrogen and oxygen atoms in total. The molecule has 2 aliphatic carbocycles. The van der Waals surface area contributed by atoms with Gasteiger partial charge in [0.1, 0.15) is 5.41 Å². The first-order valence-corrected chi connectivity index (χ1v) is 5.43. The molecule has 0 unspecified atom stereocenters. The second kappa shape index (κ2) is 3.47. The van der Waals surface area contributed by atoms with E-state index in [4.69, 9.17) is 4.74 Å². The van der Waals surface area contributed by atoms with Crippen molar-refractivity contribution in [3.05, 3.63) is 11.6 Å². The summed E-state index contributed by atoms with van der Waals surface area (Å²) in [6, 6.07) is 0. The molecule has 1 fully saturated rings. The van der Waals surface area contributed by atoms with Crippen molar-refractivity contribution in [2.75, 3.05) is 7.11 Å². The highest BCUT2D eigenvalue weighted by Crippen LogP contribution is 2.51. The number of carbonyl (C=O) groups excluding carboxylic acids is 2. The quantitative estimate of drug-likeness (QED) is 0.375. The zero-order valence-corrected chi connectivity index (χ0v) is 9.21. The molecular formula is C12H16O3. The van der Waals surface area contributed by atoms with Crippen LogP contribution in [0.15, 0.2) is 11.6 Å². The molecule has 0 amide bonds. The van der Waals surface area contributed by atoms with Crippen molar-refractivity contribution >= 4 is 11.8 Å². The van der Waals surface area contributed by atoms with Crippen LogP contribution in [0.3, 0.4) is 0 Å². The second-order valence-electron chi connectivity index (χ2n) is 4.42. The number of allylic oxidation sites excluding steroid dienone is 1. The van der Waals surface area contributed by atoms with E-state index in [-0.39, 0.29) is 17.7 Å². The maximum atomic E-state index is 12.0. The zero-order valence-electron chi connectivity index (χ0n) is 9.21. The van der Waals surface area contributed by atoms with E-state index in [1.165, 1.54) is 7.11 Å². The number of ether oxygens (including phenoxy) is 1. The average molecular weight is 208 g/mol. The molecule has 0 radical (unpaired) electrons. The fourth-order valence-electron chi connectivity index (χ4n) is 3.11. The highest BCUT2D eigenvalue weighted by Gasteiger charge is 2.58. The number of carbonyl (C=O) groups is 2. The third kappa shape index (κ3) is 1.18. The minimum Gasteiger partial charge on any atom is -0.468 e. The van der Waals surface area contributed by atoms with Crippen molar-refractivity contribution in [3.63, 3.8) is 0 Å². The SMILES string of the molecule is COC(=O)[C@]12C(=O)CC[C@H]1CCC=C2C. The van der Waals surface area contributed by atoms with Gasteiger partial charge < -0.3 is 4.74 Å². The van der Waals surface area contributed by atoms with Gasteiger partial charge in [-0.25, -0.2) is 0 Å². The average Bonchev–Trinajstić information content (AvgIpc) is 2.58. The summed E-state index contributed by atoms with van der Waals surface area (Å²) in [5, 5.41) is 0. The molecule has 1 saturated carbocycles. The number of ketones is 1. The summed E-state index contributed by atoms with van der Waals surface area (Å²) in [6.45, 7) is 1.88. The van der Waals surface area contributed by atoms with E-state index in [9.17, 15) is 9.59 Å². The zero-order chi connectivity index (χ0) is 11.1. The molecule has 0 spiro atoms. The molecule has 0 N–H and O–H groups in total. The molecule has 0 aliphatic heterocycles. The molecule has 2 rings (SSSR count). The molecule has 2 aliphatic rings. The van der Waals surface area contributed by atoms with E-state index in [1.54, 1.807) is 0 Å². The Hall–Kier alpha value is -1.12. The van der Waals surface area contributed by atoms with Crippen molar-refractivity contribution in [1.29, 1.82) is 0 Å². The van der Waals surface area contributed by atoms with Gasteiger partial charge in [0.05, 0.1) is 7.11 Å². The summed E-state index contributed by atoms with van der Waals surface area (Å²) in [5.41, 5.74) is -0.0272. The summed E-state index contributed by atoms with van der Waals surface area (Å²) in [4.78, 5) is 23.9. The van der Waals surface area contributed by atoms with Gasteiger partial charge in [-0.05, 0) is 32.1 Å². The third-order valence-electron chi connectivity index (χ3n) is 3.87. The molecule has 3 heteroatoms. The molecule has 0 bridgehead atoms. The highest BCUT2D eigenvalue weighted by atomic mass is 16.5. The number of hydrogen-bond acceptors (Lipinski definition) is 3. The predicted molar refractivity (Wildman–Crippen MR) is 55.2 cm³/mol. The van der Waals surface area contributed by atoms with Crippen LogP contribution in [0.25, 0.3) is 0 Å². The summed E-state index contributed by atoms with van der Waals surface area (Å²) < 4.78 is 4.83. The fourth-order valence-corrected chi connectivity index (χ4v) is 3.11. The van der Waals surface area contributed by atoms with Gasteiger partial charge in [-0.1, -0.05) is 11.6 Å². The molecule has 0 aromatic heterocycles. The minimum atomic E-state index is -0.924. The second-order valence-corrected chi connectivity index (χ2v) is 4.42. The molecule has 0 aromatic rings. The van der Waals surface area contributed by atoms with Crippen LogP contribution in [-0.2, 0) is 14.3 Å². The Bertz CT molecular complexity index is 343. The fraction of sp³-hybridized carbons (Fsp3) is 0.667. The first-order chi connectivity index (χ1) is 7.14. The Kier molecular flexibility index (Phi) is 2.41. The molecule has 0 saturated heterocycles. The maximum Gasteiger partial charge on any atom is 0.323 e. The normalized spacial score (nSPS) is 34.7. The summed E-state index contributed by atoms with van der Waals surface area (Å²) in [6.07, 6.45) is 5.27. The first-order valence-electron chi connectivity index (χ1n) is 5.43. The minimum absolute atomic E-state index is 0.0489. The number of fused-ring (bicyclic) bond motifs is 1. The standard InChI is InChI=1S/C12H16O3/c1-8-4-3-5-9-6-7-10(13)12(8,9)11(14)15-2/h4,9H,3,5-7H2,1-2H3/t9-,12+/m1/s1. The molecule has 15 heavy (non-hydrogen) atoms. The number of Topliss-reactive ketones (excluding diaryl/α,β-unsaturated/α-hetero) is 1. The van der Waals surface area contributed by atoms with Crippen LogP contribution in [0, 0.1) is 11.3 Å². The first kappa shape index (κ1) is 10.4. The van der Waals surface area contributed by atoms with E-state index in [0.717, 1.165) is 24.8 Å². The summed E-state index contributed by atoms with van der Waals surface area (Å²) in [7, 11) is 1.36. The van der Waals surface area contributed by atoms with Crippen LogP contribution in [0.1, 0.15) is 32.6 Å². The largest absolute Gasteiger partial charge is 0.468 e. The van der Waals surface area contributed by atoms with Gasteiger partial charge in [-0.3, -0.25) is 9.59 Å². The monoisotopic (exact) mass is 208 g/mol. The van der Waals surface area contributed by atoms with Crippen molar-refractivity contribution < 1.29 is 14.3 Å². The van der Waals surface area contributed by atoms with Gasteiger partial charge in [0.15, 0.2) is 5.78 Å². The van der Waals surface area contributed by atoms with Crippen molar-refractivity contribution in [2.45, 2.75) is 32.6 Å². The topological polar surface area (TPSA) is 43.4 Å². The van der Waals surface area contributed by atoms with Gasteiger partial charge in [0, 0.05) is 6.42 Å². The number of rotatable bonds is 1. The lowest BCUT2D eigenvalue weighted by Crippen LogP contribution is -2.44. The van der Waals surface area contributed by atoms with Crippen molar-refractivity contribution in [3.8, 4) is 0 Å². The Morgan fingerprint density at radius 2 is 2.27 bits per heavy atom. The lowest BCUT2D eigenvalue weighted by Gasteiger charge is -2.35. The number of esters is 1. The van der Waals surface area contributed by atoms with Crippen LogP contribution < -0.4 is 0 Å². The lowest BCUT2D eigenvalue weighted by molar-refractivity contribution is -0.156. The highest BCUT2D eigenvalue weighted by molar-refractivity contribution is 6.09. The smallest absolute Gasteiger partial charge is 0.323 e. The van der Waals surface area contributed by atoms with Crippen molar-refractivity contribution in [1.82, 2.24) is 0 Å². The third-order valence-corrected chi connectivity index (χ3v) is 3.87. The number of methoxy groups -OCH3 is 1. The van der Waals surface area contributed by atoms with Crippen LogP contribution in [0.4, 0.5) is 0 Å².